The number of hydrogen-bond acceptors (Lipinski definition) is 3. The number of ether oxygens (including phenoxy) is 1. The zero-order chi connectivity index (χ0) is 22.5. The highest BCUT2D eigenvalue weighted by molar-refractivity contribution is 6.36. The van der Waals surface area contributed by atoms with E-state index < -0.39 is 0 Å². The highest BCUT2D eigenvalue weighted by Crippen LogP contribution is 2.39. The van der Waals surface area contributed by atoms with Crippen LogP contribution in [0.5, 0.6) is 5.75 Å². The van der Waals surface area contributed by atoms with Crippen molar-refractivity contribution in [2.45, 2.75) is 24.9 Å². The molecular weight excluding hydrogens is 467 g/mol. The van der Waals surface area contributed by atoms with Crippen molar-refractivity contribution in [2.24, 2.45) is 0 Å². The SMILES string of the molecule is O=C(COc1ccccc1)N[C@@H]1CCN(c2ccc(Cl)cc2Cl)[C@H](c2ccc(Cl)cc2)C1. The van der Waals surface area contributed by atoms with E-state index in [1.165, 1.54) is 0 Å². The highest BCUT2D eigenvalue weighted by Gasteiger charge is 2.31. The second-order valence-corrected chi connectivity index (χ2v) is 9.03. The van der Waals surface area contributed by atoms with E-state index in [1.54, 1.807) is 6.07 Å². The summed E-state index contributed by atoms with van der Waals surface area (Å²) in [5.74, 6) is 0.542. The predicted octanol–water partition coefficient (Wildman–Crippen LogP) is 6.55. The van der Waals surface area contributed by atoms with Gasteiger partial charge in [-0.05, 0) is 60.9 Å². The van der Waals surface area contributed by atoms with Gasteiger partial charge in [-0.1, -0.05) is 65.1 Å². The molecule has 1 aliphatic heterocycles. The summed E-state index contributed by atoms with van der Waals surface area (Å²) in [6.45, 7) is 0.720. The fourth-order valence-electron chi connectivity index (χ4n) is 4.03. The summed E-state index contributed by atoms with van der Waals surface area (Å²) in [5, 5.41) is 5.02. The van der Waals surface area contributed by atoms with Gasteiger partial charge in [0, 0.05) is 22.6 Å². The first kappa shape index (κ1) is 22.8. The molecule has 2 atom stereocenters. The molecule has 7 heteroatoms. The molecule has 32 heavy (non-hydrogen) atoms. The first-order valence-electron chi connectivity index (χ1n) is 10.4. The summed E-state index contributed by atoms with van der Waals surface area (Å²) in [6, 6.07) is 22.7. The number of carbonyl (C=O) groups is 1. The Hall–Kier alpha value is -2.40. The number of hydrogen-bond donors (Lipinski definition) is 1. The van der Waals surface area contributed by atoms with Gasteiger partial charge in [-0.25, -0.2) is 0 Å². The van der Waals surface area contributed by atoms with E-state index in [-0.39, 0.29) is 24.6 Å². The van der Waals surface area contributed by atoms with Crippen molar-refractivity contribution in [3.63, 3.8) is 0 Å². The Morgan fingerprint density at radius 3 is 2.41 bits per heavy atom. The number of piperidine rings is 1. The molecule has 1 heterocycles. The average molecular weight is 490 g/mol. The van der Waals surface area contributed by atoms with Crippen molar-refractivity contribution in [3.05, 3.63) is 93.4 Å². The number of halogens is 3. The molecule has 0 saturated carbocycles. The molecule has 1 fully saturated rings. The third kappa shape index (κ3) is 5.69. The Bertz CT molecular complexity index is 1060. The van der Waals surface area contributed by atoms with Gasteiger partial charge in [-0.3, -0.25) is 4.79 Å². The van der Waals surface area contributed by atoms with Crippen LogP contribution in [-0.2, 0) is 4.79 Å². The van der Waals surface area contributed by atoms with E-state index >= 15 is 0 Å². The zero-order valence-corrected chi connectivity index (χ0v) is 19.6. The van der Waals surface area contributed by atoms with Gasteiger partial charge in [-0.15, -0.1) is 0 Å². The third-order valence-electron chi connectivity index (χ3n) is 5.55. The van der Waals surface area contributed by atoms with Crippen LogP contribution < -0.4 is 15.0 Å². The van der Waals surface area contributed by atoms with Gasteiger partial charge in [0.05, 0.1) is 16.8 Å². The van der Waals surface area contributed by atoms with Crippen molar-refractivity contribution in [1.29, 1.82) is 0 Å². The molecule has 1 amide bonds. The van der Waals surface area contributed by atoms with Gasteiger partial charge >= 0.3 is 0 Å². The van der Waals surface area contributed by atoms with Crippen molar-refractivity contribution in [3.8, 4) is 5.75 Å². The molecule has 1 N–H and O–H groups in total. The minimum absolute atomic E-state index is 0.0150. The van der Waals surface area contributed by atoms with E-state index in [9.17, 15) is 4.79 Å². The molecule has 0 bridgehead atoms. The second kappa shape index (κ2) is 10.5. The maximum atomic E-state index is 12.5. The number of carbonyl (C=O) groups excluding carboxylic acids is 1. The highest BCUT2D eigenvalue weighted by atomic mass is 35.5. The normalized spacial score (nSPS) is 18.3. The van der Waals surface area contributed by atoms with Crippen molar-refractivity contribution >= 4 is 46.4 Å². The molecule has 4 rings (SSSR count). The molecule has 0 aromatic heterocycles. The van der Waals surface area contributed by atoms with Gasteiger partial charge in [-0.2, -0.15) is 0 Å². The van der Waals surface area contributed by atoms with Gasteiger partial charge in [0.2, 0.25) is 0 Å². The van der Waals surface area contributed by atoms with E-state index in [1.807, 2.05) is 66.7 Å². The maximum Gasteiger partial charge on any atom is 0.258 e. The van der Waals surface area contributed by atoms with Crippen LogP contribution in [0.3, 0.4) is 0 Å². The smallest absolute Gasteiger partial charge is 0.258 e. The lowest BCUT2D eigenvalue weighted by molar-refractivity contribution is -0.124. The molecular formula is C25H23Cl3N2O2. The Morgan fingerprint density at radius 2 is 1.69 bits per heavy atom. The minimum Gasteiger partial charge on any atom is -0.484 e. The molecule has 0 spiro atoms. The molecule has 0 radical (unpaired) electrons. The zero-order valence-electron chi connectivity index (χ0n) is 17.3. The van der Waals surface area contributed by atoms with E-state index in [0.717, 1.165) is 30.6 Å². The summed E-state index contributed by atoms with van der Waals surface area (Å²) in [5.41, 5.74) is 2.04. The van der Waals surface area contributed by atoms with Crippen LogP contribution in [0.2, 0.25) is 15.1 Å². The van der Waals surface area contributed by atoms with Crippen LogP contribution in [-0.4, -0.2) is 25.1 Å². The molecule has 3 aromatic carbocycles. The number of para-hydroxylation sites is 1. The lowest BCUT2D eigenvalue weighted by Crippen LogP contribution is -2.47. The Kier molecular flexibility index (Phi) is 7.46. The fraction of sp³-hybridized carbons (Fsp3) is 0.240. The fourth-order valence-corrected chi connectivity index (χ4v) is 4.68. The number of nitrogens with one attached hydrogen (secondary N) is 1. The van der Waals surface area contributed by atoms with Gasteiger partial charge in [0.25, 0.3) is 5.91 Å². The summed E-state index contributed by atoms with van der Waals surface area (Å²) in [7, 11) is 0. The van der Waals surface area contributed by atoms with Crippen LogP contribution in [0.4, 0.5) is 5.69 Å². The lowest BCUT2D eigenvalue weighted by Gasteiger charge is -2.42. The average Bonchev–Trinajstić information content (AvgIpc) is 2.79. The van der Waals surface area contributed by atoms with Crippen molar-refractivity contribution in [1.82, 2.24) is 5.32 Å². The van der Waals surface area contributed by atoms with Crippen LogP contribution in [0.1, 0.15) is 24.4 Å². The number of amides is 1. The molecule has 1 aliphatic rings. The first-order valence-corrected chi connectivity index (χ1v) is 11.6. The van der Waals surface area contributed by atoms with Crippen LogP contribution >= 0.6 is 34.8 Å². The molecule has 3 aromatic rings. The Balaban J connectivity index is 1.48. The second-order valence-electron chi connectivity index (χ2n) is 7.75. The number of nitrogens with zero attached hydrogens (tertiary/aromatic N) is 1. The van der Waals surface area contributed by atoms with Gasteiger partial charge < -0.3 is 15.0 Å². The topological polar surface area (TPSA) is 41.6 Å². The van der Waals surface area contributed by atoms with Crippen molar-refractivity contribution < 1.29 is 9.53 Å². The number of rotatable bonds is 6. The third-order valence-corrected chi connectivity index (χ3v) is 6.34. The molecule has 0 aliphatic carbocycles. The van der Waals surface area contributed by atoms with Crippen molar-refractivity contribution in [2.75, 3.05) is 18.1 Å². The summed E-state index contributed by atoms with van der Waals surface area (Å²) in [6.07, 6.45) is 1.53. The molecule has 1 saturated heterocycles. The van der Waals surface area contributed by atoms with Crippen LogP contribution in [0.25, 0.3) is 0 Å². The van der Waals surface area contributed by atoms with Gasteiger partial charge in [0.15, 0.2) is 6.61 Å². The van der Waals surface area contributed by atoms with Crippen LogP contribution in [0.15, 0.2) is 72.8 Å². The summed E-state index contributed by atoms with van der Waals surface area (Å²) >= 11 is 18.7. The quantitative estimate of drug-likeness (QED) is 0.427. The van der Waals surface area contributed by atoms with E-state index in [4.69, 9.17) is 39.5 Å². The predicted molar refractivity (Wildman–Crippen MR) is 131 cm³/mol. The summed E-state index contributed by atoms with van der Waals surface area (Å²) < 4.78 is 5.58. The molecule has 166 valence electrons. The summed E-state index contributed by atoms with van der Waals surface area (Å²) in [4.78, 5) is 14.8. The maximum absolute atomic E-state index is 12.5. The Labute approximate surface area is 203 Å². The number of anilines is 1. The first-order chi connectivity index (χ1) is 15.5. The van der Waals surface area contributed by atoms with Crippen LogP contribution in [0, 0.1) is 0 Å². The van der Waals surface area contributed by atoms with Gasteiger partial charge in [0.1, 0.15) is 5.75 Å². The minimum atomic E-state index is -0.133. The lowest BCUT2D eigenvalue weighted by atomic mass is 9.91. The molecule has 0 unspecified atom stereocenters. The van der Waals surface area contributed by atoms with E-state index in [2.05, 4.69) is 10.2 Å². The molecule has 4 nitrogen and oxygen atoms in total. The Morgan fingerprint density at radius 1 is 0.969 bits per heavy atom. The van der Waals surface area contributed by atoms with E-state index in [0.29, 0.717) is 20.8 Å². The standard InChI is InChI=1S/C25H23Cl3N2O2/c26-18-8-6-17(7-9-18)24-15-20(29-25(31)16-32-21-4-2-1-3-5-21)12-13-30(24)23-11-10-19(27)14-22(23)28/h1-11,14,20,24H,12-13,15-16H2,(H,29,31)/t20-,24+/m1/s1. The largest absolute Gasteiger partial charge is 0.484 e. The monoisotopic (exact) mass is 488 g/mol. The number of benzene rings is 3.